The van der Waals surface area contributed by atoms with Crippen molar-refractivity contribution >= 4 is 11.8 Å². The van der Waals surface area contributed by atoms with Gasteiger partial charge in [-0.1, -0.05) is 13.8 Å². The van der Waals surface area contributed by atoms with Crippen LogP contribution in [0, 0.1) is 11.8 Å². The lowest BCUT2D eigenvalue weighted by Gasteiger charge is -2.23. The first-order valence-corrected chi connectivity index (χ1v) is 5.96. The van der Waals surface area contributed by atoms with Crippen molar-refractivity contribution in [2.24, 2.45) is 17.6 Å². The van der Waals surface area contributed by atoms with E-state index in [0.717, 1.165) is 6.42 Å². The van der Waals surface area contributed by atoms with Crippen LogP contribution in [0.2, 0.25) is 0 Å². The number of rotatable bonds is 4. The number of methoxy groups -OCH3 is 1. The molecule has 1 heterocycles. The van der Waals surface area contributed by atoms with Crippen LogP contribution in [0.25, 0.3) is 0 Å². The Morgan fingerprint density at radius 2 is 2.24 bits per heavy atom. The summed E-state index contributed by atoms with van der Waals surface area (Å²) in [4.78, 5) is 24.4. The monoisotopic (exact) mass is 242 g/mol. The molecule has 2 atom stereocenters. The van der Waals surface area contributed by atoms with Gasteiger partial charge in [-0.15, -0.1) is 0 Å². The fraction of sp³-hybridized carbons (Fsp3) is 0.667. The predicted octanol–water partition coefficient (Wildman–Crippen LogP) is 0.752. The van der Waals surface area contributed by atoms with E-state index in [2.05, 4.69) is 0 Å². The van der Waals surface area contributed by atoms with Crippen molar-refractivity contribution in [2.45, 2.75) is 20.3 Å². The van der Waals surface area contributed by atoms with Gasteiger partial charge in [-0.25, -0.2) is 0 Å². The van der Waals surface area contributed by atoms with Crippen LogP contribution in [0.5, 0.6) is 0 Å². The van der Waals surface area contributed by atoms with E-state index >= 15 is 0 Å². The van der Waals surface area contributed by atoms with Crippen LogP contribution in [0.1, 0.15) is 21.7 Å². The van der Waals surface area contributed by atoms with Crippen molar-refractivity contribution in [2.75, 3.05) is 20.3 Å². The number of ether oxygens (including phenoxy) is 1. The Morgan fingerprint density at radius 1 is 1.59 bits per heavy atom. The Balaban J connectivity index is 0.000000917. The number of carbonyl (C=O) groups excluding carboxylic acids is 2. The Kier molecular flexibility index (Phi) is 4.69. The van der Waals surface area contributed by atoms with E-state index in [1.54, 1.807) is 13.3 Å². The summed E-state index contributed by atoms with van der Waals surface area (Å²) in [6.07, 6.45) is 2.34. The molecule has 0 saturated heterocycles. The van der Waals surface area contributed by atoms with E-state index in [1.165, 1.54) is 4.90 Å². The normalized spacial score (nSPS) is 25.5. The number of carbonyl (C=O) groups is 2. The van der Waals surface area contributed by atoms with Crippen molar-refractivity contribution in [3.05, 3.63) is 11.8 Å². The number of amides is 2. The molecule has 0 bridgehead atoms. The molecule has 1 fully saturated rings. The molecule has 1 saturated carbocycles. The number of hydrogen-bond acceptors (Lipinski definition) is 3. The highest BCUT2D eigenvalue weighted by Crippen LogP contribution is 2.48. The highest BCUT2D eigenvalue weighted by molar-refractivity contribution is 5.98. The molecule has 2 N–H and O–H groups in total. The lowest BCUT2D eigenvalue weighted by Crippen LogP contribution is -2.36. The topological polar surface area (TPSA) is 72.6 Å². The maximum atomic E-state index is 11.7. The molecular weight excluding hydrogens is 220 g/mol. The van der Waals surface area contributed by atoms with Crippen LogP contribution >= 0.6 is 0 Å². The molecule has 2 rings (SSSR count). The second-order valence-corrected chi connectivity index (χ2v) is 3.92. The molecule has 0 aromatic carbocycles. The van der Waals surface area contributed by atoms with Gasteiger partial charge in [-0.2, -0.15) is 0 Å². The van der Waals surface area contributed by atoms with Gasteiger partial charge in [0.15, 0.2) is 0 Å². The highest BCUT2D eigenvalue weighted by Gasteiger charge is 2.51. The van der Waals surface area contributed by atoms with E-state index in [-0.39, 0.29) is 19.2 Å². The third-order valence-corrected chi connectivity index (χ3v) is 2.91. The van der Waals surface area contributed by atoms with Gasteiger partial charge in [0.05, 0.1) is 6.61 Å². The first-order valence-electron chi connectivity index (χ1n) is 5.96. The van der Waals surface area contributed by atoms with E-state index in [4.69, 9.17) is 10.5 Å². The van der Waals surface area contributed by atoms with Crippen molar-refractivity contribution < 1.29 is 15.8 Å². The Morgan fingerprint density at radius 3 is 2.76 bits per heavy atom. The molecule has 2 unspecified atom stereocenters. The minimum absolute atomic E-state index is 0. The molecule has 2 aliphatic rings. The smallest absolute Gasteiger partial charge is 0.246 e. The largest absolute Gasteiger partial charge is 0.383 e. The van der Waals surface area contributed by atoms with Crippen LogP contribution in [-0.2, 0) is 14.3 Å². The Bertz CT molecular complexity index is 344. The molecule has 5 nitrogen and oxygen atoms in total. The fourth-order valence-electron chi connectivity index (χ4n) is 1.96. The Hall–Kier alpha value is -1.36. The van der Waals surface area contributed by atoms with Crippen molar-refractivity contribution in [1.29, 1.82) is 0 Å². The van der Waals surface area contributed by atoms with Gasteiger partial charge in [0, 0.05) is 38.7 Å². The van der Waals surface area contributed by atoms with Gasteiger partial charge in [0.1, 0.15) is 0 Å². The van der Waals surface area contributed by atoms with Crippen LogP contribution in [0.4, 0.5) is 0 Å². The molecular formula is C12H22N2O3. The van der Waals surface area contributed by atoms with Gasteiger partial charge < -0.3 is 15.4 Å². The highest BCUT2D eigenvalue weighted by atomic mass is 16.5. The molecule has 1 aliphatic heterocycles. The summed E-state index contributed by atoms with van der Waals surface area (Å²) in [5.74, 6) is -0.275. The molecule has 2 amide bonds. The quantitative estimate of drug-likeness (QED) is 0.790. The lowest BCUT2D eigenvalue weighted by molar-refractivity contribution is -0.131. The number of fused-ring (bicyclic) bond motifs is 1. The molecule has 17 heavy (non-hydrogen) atoms. The summed E-state index contributed by atoms with van der Waals surface area (Å²) >= 11 is 0. The summed E-state index contributed by atoms with van der Waals surface area (Å²) < 4.78 is 4.90. The van der Waals surface area contributed by atoms with Gasteiger partial charge >= 0.3 is 0 Å². The summed E-state index contributed by atoms with van der Waals surface area (Å²) in [6, 6.07) is 0. The third kappa shape index (κ3) is 2.85. The maximum absolute atomic E-state index is 11.7. The SMILES string of the molecule is CC.COCCN1C=C(C(N)=O)C2CC2C1=O.[HH]. The zero-order chi connectivity index (χ0) is 13.0. The average Bonchev–Trinajstić information content (AvgIpc) is 3.11. The van der Waals surface area contributed by atoms with Gasteiger partial charge in [-0.05, 0) is 6.42 Å². The van der Waals surface area contributed by atoms with E-state index in [0.29, 0.717) is 18.7 Å². The fourth-order valence-corrected chi connectivity index (χ4v) is 1.96. The second-order valence-electron chi connectivity index (χ2n) is 3.92. The van der Waals surface area contributed by atoms with Crippen LogP contribution in [-0.4, -0.2) is 37.0 Å². The van der Waals surface area contributed by atoms with Crippen molar-refractivity contribution in [1.82, 2.24) is 4.90 Å². The summed E-state index contributed by atoms with van der Waals surface area (Å²) in [5, 5.41) is 0. The van der Waals surface area contributed by atoms with Crippen LogP contribution in [0.3, 0.4) is 0 Å². The second kappa shape index (κ2) is 5.82. The van der Waals surface area contributed by atoms with Crippen LogP contribution in [0.15, 0.2) is 11.8 Å². The molecule has 0 aromatic rings. The third-order valence-electron chi connectivity index (χ3n) is 2.91. The van der Waals surface area contributed by atoms with E-state index in [1.807, 2.05) is 13.8 Å². The minimum Gasteiger partial charge on any atom is -0.383 e. The number of nitrogens with two attached hydrogens (primary N) is 1. The first-order chi connectivity index (χ1) is 8.15. The predicted molar refractivity (Wildman–Crippen MR) is 65.9 cm³/mol. The molecule has 0 spiro atoms. The summed E-state index contributed by atoms with van der Waals surface area (Å²) in [6.45, 7) is 4.95. The standard InChI is InChI=1S/C10H14N2O3.C2H6.H2/c1-15-3-2-12-5-8(9(11)13)6-4-7(6)10(12)14;1-2;/h5-7H,2-4H2,1H3,(H2,11,13);1-2H3;1H. The molecule has 98 valence electrons. The van der Waals surface area contributed by atoms with Crippen molar-refractivity contribution in [3.63, 3.8) is 0 Å². The van der Waals surface area contributed by atoms with E-state index < -0.39 is 5.91 Å². The maximum Gasteiger partial charge on any atom is 0.246 e. The lowest BCUT2D eigenvalue weighted by atomic mass is 10.1. The molecule has 1 aliphatic carbocycles. The first kappa shape index (κ1) is 13.7. The zero-order valence-electron chi connectivity index (χ0n) is 10.6. The minimum atomic E-state index is -0.419. The van der Waals surface area contributed by atoms with Gasteiger partial charge in [0.2, 0.25) is 11.8 Å². The average molecular weight is 242 g/mol. The van der Waals surface area contributed by atoms with Gasteiger partial charge in [-0.3, -0.25) is 9.59 Å². The number of primary amides is 1. The molecule has 0 aromatic heterocycles. The Labute approximate surface area is 103 Å². The van der Waals surface area contributed by atoms with E-state index in [9.17, 15) is 9.59 Å². The number of nitrogens with zero attached hydrogens (tertiary/aromatic N) is 1. The van der Waals surface area contributed by atoms with Crippen molar-refractivity contribution in [3.8, 4) is 0 Å². The molecule has 0 radical (unpaired) electrons. The zero-order valence-corrected chi connectivity index (χ0v) is 10.6. The van der Waals surface area contributed by atoms with Gasteiger partial charge in [0.25, 0.3) is 0 Å². The molecule has 5 heteroatoms. The number of hydrogen-bond donors (Lipinski definition) is 1. The van der Waals surface area contributed by atoms with Crippen LogP contribution < -0.4 is 5.73 Å². The summed E-state index contributed by atoms with van der Waals surface area (Å²) in [7, 11) is 1.58. The summed E-state index contributed by atoms with van der Waals surface area (Å²) in [5.41, 5.74) is 5.82.